The van der Waals surface area contributed by atoms with E-state index in [1.807, 2.05) is 6.07 Å². The van der Waals surface area contributed by atoms with Gasteiger partial charge in [-0.1, -0.05) is 24.3 Å². The van der Waals surface area contributed by atoms with Gasteiger partial charge in [0.25, 0.3) is 0 Å². The number of hydrogen-bond acceptors (Lipinski definition) is 4. The third-order valence-electron chi connectivity index (χ3n) is 4.54. The van der Waals surface area contributed by atoms with E-state index in [-0.39, 0.29) is 23.7 Å². The number of carbonyl (C=O) groups is 1. The molecule has 1 aliphatic heterocycles. The number of halogens is 1. The molecule has 0 bridgehead atoms. The molecule has 1 heterocycles. The maximum Gasteiger partial charge on any atom is 0.238 e. The van der Waals surface area contributed by atoms with Crippen molar-refractivity contribution in [3.05, 3.63) is 65.5 Å². The van der Waals surface area contributed by atoms with Crippen LogP contribution in [0.5, 0.6) is 0 Å². The normalized spacial score (nSPS) is 22.6. The zero-order chi connectivity index (χ0) is 19.6. The van der Waals surface area contributed by atoms with Gasteiger partial charge in [0.15, 0.2) is 0 Å². The van der Waals surface area contributed by atoms with Gasteiger partial charge in [-0.25, -0.2) is 12.8 Å². The minimum atomic E-state index is -3.37. The van der Waals surface area contributed by atoms with Crippen LogP contribution < -0.4 is 10.0 Å². The third-order valence-corrected chi connectivity index (χ3v) is 5.15. The maximum atomic E-state index is 13.2. The molecule has 0 spiro atoms. The van der Waals surface area contributed by atoms with Crippen molar-refractivity contribution in [1.82, 2.24) is 5.32 Å². The third kappa shape index (κ3) is 4.44. The standard InChI is InChI=1S/C19H18FN3O3S/c1-27(25,26)23-15-8-4-13(5-9-15)18-10-16(17(11-21)19(24)22-18)12-2-6-14(20)7-3-12/h2-9,16-18,23H,10H2,1H3,(H,22,24). The first kappa shape index (κ1) is 18.9. The molecule has 1 saturated heterocycles. The summed E-state index contributed by atoms with van der Waals surface area (Å²) in [7, 11) is -3.37. The van der Waals surface area contributed by atoms with Crippen LogP contribution in [0.3, 0.4) is 0 Å². The van der Waals surface area contributed by atoms with E-state index in [0.717, 1.165) is 17.4 Å². The van der Waals surface area contributed by atoms with Crippen LogP contribution >= 0.6 is 0 Å². The van der Waals surface area contributed by atoms with Crippen LogP contribution in [0.25, 0.3) is 0 Å². The predicted molar refractivity (Wildman–Crippen MR) is 98.7 cm³/mol. The predicted octanol–water partition coefficient (Wildman–Crippen LogP) is 2.68. The highest BCUT2D eigenvalue weighted by molar-refractivity contribution is 7.92. The van der Waals surface area contributed by atoms with Crippen molar-refractivity contribution in [3.63, 3.8) is 0 Å². The minimum Gasteiger partial charge on any atom is -0.348 e. The first-order valence-corrected chi connectivity index (χ1v) is 10.2. The van der Waals surface area contributed by atoms with Gasteiger partial charge in [-0.15, -0.1) is 0 Å². The fourth-order valence-electron chi connectivity index (χ4n) is 3.30. The van der Waals surface area contributed by atoms with E-state index in [4.69, 9.17) is 0 Å². The molecule has 3 atom stereocenters. The number of anilines is 1. The van der Waals surface area contributed by atoms with Crippen LogP contribution in [-0.4, -0.2) is 20.6 Å². The molecule has 0 radical (unpaired) electrons. The van der Waals surface area contributed by atoms with Gasteiger partial charge in [-0.05, 0) is 41.8 Å². The van der Waals surface area contributed by atoms with Crippen molar-refractivity contribution in [1.29, 1.82) is 5.26 Å². The second kappa shape index (κ2) is 7.37. The number of hydrogen-bond donors (Lipinski definition) is 2. The zero-order valence-corrected chi connectivity index (χ0v) is 15.3. The number of carbonyl (C=O) groups excluding carboxylic acids is 1. The van der Waals surface area contributed by atoms with E-state index >= 15 is 0 Å². The smallest absolute Gasteiger partial charge is 0.238 e. The molecule has 0 aliphatic carbocycles. The molecule has 2 N–H and O–H groups in total. The Hall–Kier alpha value is -2.92. The monoisotopic (exact) mass is 387 g/mol. The molecule has 2 aromatic carbocycles. The van der Waals surface area contributed by atoms with Crippen LogP contribution in [0.4, 0.5) is 10.1 Å². The van der Waals surface area contributed by atoms with Crippen molar-refractivity contribution < 1.29 is 17.6 Å². The topological polar surface area (TPSA) is 99.1 Å². The molecule has 1 fully saturated rings. The lowest BCUT2D eigenvalue weighted by Gasteiger charge is -2.33. The highest BCUT2D eigenvalue weighted by Gasteiger charge is 2.38. The Labute approximate surface area is 157 Å². The van der Waals surface area contributed by atoms with Gasteiger partial charge >= 0.3 is 0 Å². The summed E-state index contributed by atoms with van der Waals surface area (Å²) in [5.74, 6) is -1.96. The fourth-order valence-corrected chi connectivity index (χ4v) is 3.86. The summed E-state index contributed by atoms with van der Waals surface area (Å²) in [6.07, 6.45) is 1.55. The summed E-state index contributed by atoms with van der Waals surface area (Å²) in [5, 5.41) is 12.2. The Morgan fingerprint density at radius 3 is 2.26 bits per heavy atom. The molecular weight excluding hydrogens is 369 g/mol. The van der Waals surface area contributed by atoms with E-state index < -0.39 is 15.9 Å². The van der Waals surface area contributed by atoms with Gasteiger partial charge in [0.2, 0.25) is 15.9 Å². The van der Waals surface area contributed by atoms with E-state index in [9.17, 15) is 22.9 Å². The molecular formula is C19H18FN3O3S. The molecule has 1 aliphatic rings. The quantitative estimate of drug-likeness (QED) is 0.842. The number of benzene rings is 2. The van der Waals surface area contributed by atoms with Crippen LogP contribution in [0.1, 0.15) is 29.5 Å². The first-order chi connectivity index (χ1) is 12.8. The van der Waals surface area contributed by atoms with Crippen LogP contribution in [0.15, 0.2) is 48.5 Å². The molecule has 6 nitrogen and oxygen atoms in total. The van der Waals surface area contributed by atoms with Crippen LogP contribution in [-0.2, 0) is 14.8 Å². The van der Waals surface area contributed by atoms with Crippen LogP contribution in [0, 0.1) is 23.1 Å². The summed E-state index contributed by atoms with van der Waals surface area (Å²) in [6, 6.07) is 14.2. The highest BCUT2D eigenvalue weighted by atomic mass is 32.2. The fraction of sp³-hybridized carbons (Fsp3) is 0.263. The van der Waals surface area contributed by atoms with Crippen molar-refractivity contribution in [2.24, 2.45) is 5.92 Å². The number of sulfonamides is 1. The molecule has 8 heteroatoms. The number of rotatable bonds is 4. The summed E-state index contributed by atoms with van der Waals surface area (Å²) < 4.78 is 38.2. The van der Waals surface area contributed by atoms with Crippen molar-refractivity contribution in [2.45, 2.75) is 18.4 Å². The average Bonchev–Trinajstić information content (AvgIpc) is 2.61. The van der Waals surface area contributed by atoms with E-state index in [1.54, 1.807) is 36.4 Å². The number of nitriles is 1. The Kier molecular flexibility index (Phi) is 5.15. The summed E-state index contributed by atoms with van der Waals surface area (Å²) in [5.41, 5.74) is 1.96. The van der Waals surface area contributed by atoms with E-state index in [0.29, 0.717) is 12.1 Å². The van der Waals surface area contributed by atoms with E-state index in [2.05, 4.69) is 10.0 Å². The van der Waals surface area contributed by atoms with Gasteiger partial charge in [0, 0.05) is 11.6 Å². The molecule has 1 amide bonds. The Morgan fingerprint density at radius 1 is 1.11 bits per heavy atom. The number of nitrogens with one attached hydrogen (secondary N) is 2. The van der Waals surface area contributed by atoms with Gasteiger partial charge < -0.3 is 5.32 Å². The lowest BCUT2D eigenvalue weighted by molar-refractivity contribution is -0.126. The number of nitrogens with zero attached hydrogens (tertiary/aromatic N) is 1. The minimum absolute atomic E-state index is 0.329. The lowest BCUT2D eigenvalue weighted by atomic mass is 9.77. The first-order valence-electron chi connectivity index (χ1n) is 8.30. The SMILES string of the molecule is CS(=O)(=O)Nc1ccc(C2CC(c3ccc(F)cc3)C(C#N)C(=O)N2)cc1. The van der Waals surface area contributed by atoms with Crippen LogP contribution in [0.2, 0.25) is 0 Å². The van der Waals surface area contributed by atoms with E-state index in [1.165, 1.54) is 12.1 Å². The molecule has 0 aromatic heterocycles. The average molecular weight is 387 g/mol. The second-order valence-corrected chi connectivity index (χ2v) is 8.31. The summed E-state index contributed by atoms with van der Waals surface area (Å²) in [6.45, 7) is 0. The van der Waals surface area contributed by atoms with Crippen molar-refractivity contribution in [2.75, 3.05) is 11.0 Å². The van der Waals surface area contributed by atoms with Gasteiger partial charge in [0.05, 0.1) is 18.4 Å². The molecule has 3 rings (SSSR count). The van der Waals surface area contributed by atoms with Crippen molar-refractivity contribution in [3.8, 4) is 6.07 Å². The highest BCUT2D eigenvalue weighted by Crippen LogP contribution is 2.38. The Bertz CT molecular complexity index is 982. The second-order valence-electron chi connectivity index (χ2n) is 6.56. The zero-order valence-electron chi connectivity index (χ0n) is 14.5. The molecule has 0 saturated carbocycles. The van der Waals surface area contributed by atoms with Crippen molar-refractivity contribution >= 4 is 21.6 Å². The lowest BCUT2D eigenvalue weighted by Crippen LogP contribution is -2.42. The number of amides is 1. The molecule has 2 aromatic rings. The van der Waals surface area contributed by atoms with Gasteiger partial charge in [0.1, 0.15) is 11.7 Å². The Balaban J connectivity index is 1.85. The number of piperidine rings is 1. The molecule has 27 heavy (non-hydrogen) atoms. The largest absolute Gasteiger partial charge is 0.348 e. The maximum absolute atomic E-state index is 13.2. The summed E-state index contributed by atoms with van der Waals surface area (Å²) >= 11 is 0. The molecule has 3 unspecified atom stereocenters. The molecule has 140 valence electrons. The van der Waals surface area contributed by atoms with Gasteiger partial charge in [-0.3, -0.25) is 9.52 Å². The van der Waals surface area contributed by atoms with Gasteiger partial charge in [-0.2, -0.15) is 5.26 Å². The Morgan fingerprint density at radius 2 is 1.70 bits per heavy atom. The summed E-state index contributed by atoms with van der Waals surface area (Å²) in [4.78, 5) is 12.4.